The highest BCUT2D eigenvalue weighted by molar-refractivity contribution is 6.35. The van der Waals surface area contributed by atoms with Crippen LogP contribution in [0.3, 0.4) is 0 Å². The van der Waals surface area contributed by atoms with Crippen LogP contribution in [0.1, 0.15) is 23.7 Å². The Morgan fingerprint density at radius 2 is 2.12 bits per heavy atom. The molecule has 1 rings (SSSR count). The first-order chi connectivity index (χ1) is 7.95. The van der Waals surface area contributed by atoms with Crippen molar-refractivity contribution in [2.75, 3.05) is 6.61 Å². The summed E-state index contributed by atoms with van der Waals surface area (Å²) in [5.74, 6) is -2.28. The van der Waals surface area contributed by atoms with E-state index in [1.54, 1.807) is 6.92 Å². The number of Topliss-reactive ketones (excluding diaryl/α,β-unsaturated/α-hetero) is 1. The minimum absolute atomic E-state index is 0.105. The molecule has 0 fully saturated rings. The molecule has 0 radical (unpaired) electrons. The summed E-state index contributed by atoms with van der Waals surface area (Å²) in [4.78, 5) is 25.9. The van der Waals surface area contributed by atoms with Crippen molar-refractivity contribution in [3.05, 3.63) is 27.8 Å². The van der Waals surface area contributed by atoms with Gasteiger partial charge in [0, 0.05) is 0 Å². The van der Waals surface area contributed by atoms with Gasteiger partial charge in [-0.3, -0.25) is 9.59 Å². The fraction of sp³-hybridized carbons (Fsp3) is 0.300. The topological polar surface area (TPSA) is 56.3 Å². The lowest BCUT2D eigenvalue weighted by Crippen LogP contribution is -2.12. The highest BCUT2D eigenvalue weighted by atomic mass is 35.5. The number of esters is 1. The summed E-state index contributed by atoms with van der Waals surface area (Å²) >= 11 is 11.0. The zero-order chi connectivity index (χ0) is 13.0. The van der Waals surface area contributed by atoms with Gasteiger partial charge in [-0.2, -0.15) is 4.39 Å². The van der Waals surface area contributed by atoms with Crippen molar-refractivity contribution in [3.63, 3.8) is 0 Å². The van der Waals surface area contributed by atoms with E-state index in [-0.39, 0.29) is 22.3 Å². The van der Waals surface area contributed by atoms with Gasteiger partial charge in [0.1, 0.15) is 11.6 Å². The van der Waals surface area contributed by atoms with Crippen LogP contribution in [0.2, 0.25) is 10.2 Å². The van der Waals surface area contributed by atoms with Crippen molar-refractivity contribution in [1.29, 1.82) is 0 Å². The molecule has 17 heavy (non-hydrogen) atoms. The van der Waals surface area contributed by atoms with Gasteiger partial charge < -0.3 is 4.74 Å². The monoisotopic (exact) mass is 279 g/mol. The lowest BCUT2D eigenvalue weighted by molar-refractivity contribution is -0.141. The Hall–Kier alpha value is -1.20. The second-order valence-corrected chi connectivity index (χ2v) is 3.77. The summed E-state index contributed by atoms with van der Waals surface area (Å²) in [6, 6.07) is 1.04. The molecule has 0 aromatic carbocycles. The molecule has 1 aromatic heterocycles. The van der Waals surface area contributed by atoms with Gasteiger partial charge >= 0.3 is 5.97 Å². The first-order valence-corrected chi connectivity index (χ1v) is 5.41. The molecular formula is C10H8Cl2FNO3. The van der Waals surface area contributed by atoms with Gasteiger partial charge in [0.2, 0.25) is 5.95 Å². The molecule has 7 heteroatoms. The van der Waals surface area contributed by atoms with Crippen molar-refractivity contribution in [2.45, 2.75) is 13.3 Å². The van der Waals surface area contributed by atoms with Gasteiger partial charge in [-0.05, 0) is 13.0 Å². The number of carbonyl (C=O) groups is 2. The predicted molar refractivity (Wildman–Crippen MR) is 59.8 cm³/mol. The van der Waals surface area contributed by atoms with Gasteiger partial charge in [-0.15, -0.1) is 0 Å². The summed E-state index contributed by atoms with van der Waals surface area (Å²) in [5, 5.41) is -0.664. The summed E-state index contributed by atoms with van der Waals surface area (Å²) in [6.45, 7) is 1.79. The number of aromatic nitrogens is 1. The Balaban J connectivity index is 2.89. The SMILES string of the molecule is CCOC(=O)CC(=O)c1cc(Cl)c(F)nc1Cl. The molecule has 0 aliphatic carbocycles. The van der Waals surface area contributed by atoms with Gasteiger partial charge in [0.15, 0.2) is 5.78 Å². The number of halogens is 3. The van der Waals surface area contributed by atoms with E-state index in [1.165, 1.54) is 0 Å². The number of ether oxygens (including phenoxy) is 1. The molecule has 0 saturated heterocycles. The smallest absolute Gasteiger partial charge is 0.313 e. The first kappa shape index (κ1) is 13.9. The molecule has 0 aliphatic heterocycles. The maximum Gasteiger partial charge on any atom is 0.313 e. The van der Waals surface area contributed by atoms with Crippen LogP contribution in [0.4, 0.5) is 4.39 Å². The minimum atomic E-state index is -0.968. The van der Waals surface area contributed by atoms with E-state index in [0.717, 1.165) is 6.07 Å². The zero-order valence-corrected chi connectivity index (χ0v) is 10.3. The Labute approximate surface area is 107 Å². The average molecular weight is 280 g/mol. The van der Waals surface area contributed by atoms with Gasteiger partial charge in [0.25, 0.3) is 0 Å². The van der Waals surface area contributed by atoms with Crippen molar-refractivity contribution >= 4 is 35.0 Å². The van der Waals surface area contributed by atoms with Gasteiger partial charge in [-0.1, -0.05) is 23.2 Å². The van der Waals surface area contributed by atoms with E-state index in [0.29, 0.717) is 0 Å². The highest BCUT2D eigenvalue weighted by Crippen LogP contribution is 2.22. The lowest BCUT2D eigenvalue weighted by Gasteiger charge is -2.04. The van der Waals surface area contributed by atoms with Gasteiger partial charge in [-0.25, -0.2) is 4.98 Å². The third-order valence-corrected chi connectivity index (χ3v) is 2.35. The Morgan fingerprint density at radius 1 is 1.47 bits per heavy atom. The van der Waals surface area contributed by atoms with Crippen LogP contribution < -0.4 is 0 Å². The number of pyridine rings is 1. The molecule has 0 N–H and O–H groups in total. The molecule has 0 bridgehead atoms. The standard InChI is InChI=1S/C10H8Cl2FNO3/c1-2-17-8(16)4-7(15)5-3-6(11)10(13)14-9(5)12/h3H,2,4H2,1H3. The highest BCUT2D eigenvalue weighted by Gasteiger charge is 2.18. The Kier molecular flexibility index (Phi) is 4.84. The third kappa shape index (κ3) is 3.64. The third-order valence-electron chi connectivity index (χ3n) is 1.80. The maximum atomic E-state index is 12.9. The van der Waals surface area contributed by atoms with Crippen LogP contribution in [0.15, 0.2) is 6.07 Å². The average Bonchev–Trinajstić information content (AvgIpc) is 2.23. The van der Waals surface area contributed by atoms with E-state index >= 15 is 0 Å². The van der Waals surface area contributed by atoms with Crippen LogP contribution in [0.5, 0.6) is 0 Å². The summed E-state index contributed by atoms with van der Waals surface area (Å²) < 4.78 is 17.5. The second-order valence-electron chi connectivity index (χ2n) is 3.00. The molecule has 0 saturated carbocycles. The number of hydrogen-bond donors (Lipinski definition) is 0. The van der Waals surface area contributed by atoms with Crippen molar-refractivity contribution in [3.8, 4) is 0 Å². The molecule has 0 unspecified atom stereocenters. The Bertz CT molecular complexity index is 465. The van der Waals surface area contributed by atoms with Crippen LogP contribution in [-0.4, -0.2) is 23.3 Å². The normalized spacial score (nSPS) is 10.1. The molecular weight excluding hydrogens is 272 g/mol. The molecule has 1 heterocycles. The van der Waals surface area contributed by atoms with Crippen LogP contribution in [-0.2, 0) is 9.53 Å². The number of carbonyl (C=O) groups excluding carboxylic acids is 2. The summed E-state index contributed by atoms with van der Waals surface area (Å²) in [5.41, 5.74) is -0.105. The molecule has 4 nitrogen and oxygen atoms in total. The van der Waals surface area contributed by atoms with E-state index < -0.39 is 24.1 Å². The lowest BCUT2D eigenvalue weighted by atomic mass is 10.1. The maximum absolute atomic E-state index is 12.9. The van der Waals surface area contributed by atoms with E-state index in [2.05, 4.69) is 9.72 Å². The van der Waals surface area contributed by atoms with E-state index in [9.17, 15) is 14.0 Å². The Morgan fingerprint density at radius 3 is 2.71 bits per heavy atom. The number of rotatable bonds is 4. The fourth-order valence-electron chi connectivity index (χ4n) is 1.08. The first-order valence-electron chi connectivity index (χ1n) is 4.66. The van der Waals surface area contributed by atoms with Crippen molar-refractivity contribution < 1.29 is 18.7 Å². The van der Waals surface area contributed by atoms with Crippen LogP contribution >= 0.6 is 23.2 Å². The quantitative estimate of drug-likeness (QED) is 0.368. The van der Waals surface area contributed by atoms with E-state index in [1.807, 2.05) is 0 Å². The molecule has 1 aromatic rings. The molecule has 0 atom stereocenters. The molecule has 0 amide bonds. The van der Waals surface area contributed by atoms with Crippen LogP contribution in [0.25, 0.3) is 0 Å². The number of hydrogen-bond acceptors (Lipinski definition) is 4. The second kappa shape index (κ2) is 5.93. The van der Waals surface area contributed by atoms with Crippen LogP contribution in [0, 0.1) is 5.95 Å². The molecule has 0 aliphatic rings. The molecule has 92 valence electrons. The largest absolute Gasteiger partial charge is 0.466 e. The summed E-state index contributed by atoms with van der Waals surface area (Å²) in [7, 11) is 0. The van der Waals surface area contributed by atoms with Gasteiger partial charge in [0.05, 0.1) is 17.2 Å². The van der Waals surface area contributed by atoms with Crippen molar-refractivity contribution in [1.82, 2.24) is 4.98 Å². The molecule has 0 spiro atoms. The summed E-state index contributed by atoms with van der Waals surface area (Å²) in [6.07, 6.45) is -0.489. The fourth-order valence-corrected chi connectivity index (χ4v) is 1.47. The number of nitrogens with zero attached hydrogens (tertiary/aromatic N) is 1. The number of ketones is 1. The minimum Gasteiger partial charge on any atom is -0.466 e. The van der Waals surface area contributed by atoms with Crippen molar-refractivity contribution in [2.24, 2.45) is 0 Å². The zero-order valence-electron chi connectivity index (χ0n) is 8.80. The van der Waals surface area contributed by atoms with E-state index in [4.69, 9.17) is 23.2 Å². The predicted octanol–water partition coefficient (Wildman–Crippen LogP) is 2.66.